The zero-order valence-corrected chi connectivity index (χ0v) is 15.3. The van der Waals surface area contributed by atoms with Crippen molar-refractivity contribution in [3.05, 3.63) is 72.1 Å². The van der Waals surface area contributed by atoms with Crippen molar-refractivity contribution in [1.29, 1.82) is 0 Å². The largest absolute Gasteiger partial charge is 0.354 e. The summed E-state index contributed by atoms with van der Waals surface area (Å²) in [6.07, 6.45) is 2.60. The Labute approximate surface area is 165 Å². The van der Waals surface area contributed by atoms with Crippen LogP contribution in [0, 0.1) is 0 Å². The average molecular weight is 386 g/mol. The van der Waals surface area contributed by atoms with Gasteiger partial charge < -0.3 is 9.97 Å². The number of H-pyrrole nitrogens is 2. The molecule has 0 bridgehead atoms. The van der Waals surface area contributed by atoms with E-state index in [1.165, 1.54) is 12.4 Å². The van der Waals surface area contributed by atoms with Gasteiger partial charge in [-0.15, -0.1) is 0 Å². The predicted molar refractivity (Wildman–Crippen MR) is 113 cm³/mol. The molecule has 0 unspecified atom stereocenters. The second-order valence-electron chi connectivity index (χ2n) is 6.39. The highest BCUT2D eigenvalue weighted by Crippen LogP contribution is 2.14. The van der Waals surface area contributed by atoms with Crippen LogP contribution in [-0.2, 0) is 9.59 Å². The minimum absolute atomic E-state index is 0.381. The fourth-order valence-electron chi connectivity index (χ4n) is 2.90. The van der Waals surface area contributed by atoms with Crippen LogP contribution in [0.25, 0.3) is 21.8 Å². The first-order valence-corrected chi connectivity index (χ1v) is 8.97. The van der Waals surface area contributed by atoms with Crippen molar-refractivity contribution < 1.29 is 9.59 Å². The topological polar surface area (TPSA) is 114 Å². The number of aromatic nitrogens is 2. The number of para-hydroxylation sites is 2. The number of nitrogens with zero attached hydrogens (tertiary/aromatic N) is 2. The molecule has 4 rings (SSSR count). The first-order chi connectivity index (χ1) is 14.2. The van der Waals surface area contributed by atoms with Gasteiger partial charge in [-0.25, -0.2) is 10.9 Å². The van der Waals surface area contributed by atoms with Gasteiger partial charge in [0.05, 0.1) is 23.8 Å². The SMILES string of the molecule is O=C(CC(=O)NN=Cc1cc2ccccc2[nH]1)NN=Cc1cc2ccccc2[nH]1. The second kappa shape index (κ2) is 8.22. The van der Waals surface area contributed by atoms with Crippen LogP contribution in [0.1, 0.15) is 17.8 Å². The molecule has 2 heterocycles. The van der Waals surface area contributed by atoms with Gasteiger partial charge in [0.1, 0.15) is 6.42 Å². The van der Waals surface area contributed by atoms with Crippen LogP contribution in [0.15, 0.2) is 70.9 Å². The molecule has 2 aromatic carbocycles. The lowest BCUT2D eigenvalue weighted by Crippen LogP contribution is -2.27. The molecule has 0 spiro atoms. The summed E-state index contributed by atoms with van der Waals surface area (Å²) in [5, 5.41) is 9.82. The molecule has 0 aliphatic rings. The highest BCUT2D eigenvalue weighted by Gasteiger charge is 2.07. The molecule has 0 saturated carbocycles. The normalized spacial score (nSPS) is 11.6. The van der Waals surface area contributed by atoms with Gasteiger partial charge in [0.25, 0.3) is 0 Å². The molecule has 29 heavy (non-hydrogen) atoms. The van der Waals surface area contributed by atoms with Crippen molar-refractivity contribution in [2.24, 2.45) is 10.2 Å². The molecule has 0 saturated heterocycles. The molecule has 2 amide bonds. The fourth-order valence-corrected chi connectivity index (χ4v) is 2.90. The summed E-state index contributed by atoms with van der Waals surface area (Å²) < 4.78 is 0. The maximum absolute atomic E-state index is 11.8. The number of amides is 2. The van der Waals surface area contributed by atoms with Crippen LogP contribution >= 0.6 is 0 Å². The van der Waals surface area contributed by atoms with Crippen molar-refractivity contribution in [2.75, 3.05) is 0 Å². The smallest absolute Gasteiger partial charge is 0.249 e. The number of hydrazone groups is 2. The summed E-state index contributed by atoms with van der Waals surface area (Å²) in [5.74, 6) is -1.06. The van der Waals surface area contributed by atoms with E-state index < -0.39 is 11.8 Å². The number of carbonyl (C=O) groups excluding carboxylic acids is 2. The molecule has 2 aromatic heterocycles. The van der Waals surface area contributed by atoms with E-state index in [1.54, 1.807) is 0 Å². The average Bonchev–Trinajstić information content (AvgIpc) is 3.30. The third-order valence-corrected chi connectivity index (χ3v) is 4.21. The summed E-state index contributed by atoms with van der Waals surface area (Å²) in [5.41, 5.74) is 8.10. The minimum atomic E-state index is -0.532. The molecule has 0 aliphatic heterocycles. The maximum atomic E-state index is 11.8. The van der Waals surface area contributed by atoms with Gasteiger partial charge in [0, 0.05) is 21.8 Å². The van der Waals surface area contributed by atoms with Crippen LogP contribution in [-0.4, -0.2) is 34.2 Å². The number of carbonyl (C=O) groups is 2. The van der Waals surface area contributed by atoms with Crippen LogP contribution in [0.2, 0.25) is 0 Å². The molecule has 8 heteroatoms. The highest BCUT2D eigenvalue weighted by molar-refractivity contribution is 5.98. The van der Waals surface area contributed by atoms with Gasteiger partial charge in [-0.2, -0.15) is 10.2 Å². The Balaban J connectivity index is 1.25. The third kappa shape index (κ3) is 4.56. The zero-order valence-electron chi connectivity index (χ0n) is 15.3. The van der Waals surface area contributed by atoms with E-state index in [-0.39, 0.29) is 6.42 Å². The molecule has 0 radical (unpaired) electrons. The van der Waals surface area contributed by atoms with Crippen LogP contribution < -0.4 is 10.9 Å². The van der Waals surface area contributed by atoms with Crippen molar-refractivity contribution in [3.63, 3.8) is 0 Å². The molecular weight excluding hydrogens is 368 g/mol. The number of aromatic amines is 2. The number of benzene rings is 2. The number of hydrogen-bond acceptors (Lipinski definition) is 4. The monoisotopic (exact) mass is 386 g/mol. The first kappa shape index (κ1) is 18.2. The van der Waals surface area contributed by atoms with Gasteiger partial charge in [0.15, 0.2) is 0 Å². The van der Waals surface area contributed by atoms with Crippen LogP contribution in [0.3, 0.4) is 0 Å². The van der Waals surface area contributed by atoms with Crippen molar-refractivity contribution in [3.8, 4) is 0 Å². The van der Waals surface area contributed by atoms with Crippen LogP contribution in [0.4, 0.5) is 0 Å². The number of rotatable bonds is 6. The Bertz CT molecular complexity index is 1070. The molecule has 4 aromatic rings. The Morgan fingerprint density at radius 3 is 1.66 bits per heavy atom. The van der Waals surface area contributed by atoms with E-state index in [9.17, 15) is 9.59 Å². The minimum Gasteiger partial charge on any atom is -0.354 e. The zero-order chi connectivity index (χ0) is 20.1. The van der Waals surface area contributed by atoms with E-state index in [0.717, 1.165) is 33.2 Å². The summed E-state index contributed by atoms with van der Waals surface area (Å²) in [7, 11) is 0. The first-order valence-electron chi connectivity index (χ1n) is 8.97. The summed E-state index contributed by atoms with van der Waals surface area (Å²) in [6, 6.07) is 19.4. The Kier molecular flexibility index (Phi) is 5.15. The van der Waals surface area contributed by atoms with Crippen LogP contribution in [0.5, 0.6) is 0 Å². The standard InChI is InChI=1S/C21H18N6O2/c28-20(26-22-12-16-9-14-5-1-3-7-18(14)24-16)11-21(29)27-23-13-17-10-15-6-2-4-8-19(15)25-17/h1-10,12-13,24-25H,11H2,(H,26,28)(H,27,29). The van der Waals surface area contributed by atoms with Gasteiger partial charge in [-0.1, -0.05) is 36.4 Å². The molecule has 0 atom stereocenters. The molecule has 0 aliphatic carbocycles. The van der Waals surface area contributed by atoms with Gasteiger partial charge >= 0.3 is 0 Å². The fraction of sp³-hybridized carbons (Fsp3) is 0.0476. The van der Waals surface area contributed by atoms with Crippen molar-refractivity contribution in [2.45, 2.75) is 6.42 Å². The quantitative estimate of drug-likeness (QED) is 0.232. The summed E-state index contributed by atoms with van der Waals surface area (Å²) >= 11 is 0. The van der Waals surface area contributed by atoms with Gasteiger partial charge in [0.2, 0.25) is 11.8 Å². The second-order valence-corrected chi connectivity index (χ2v) is 6.39. The van der Waals surface area contributed by atoms with E-state index in [2.05, 4.69) is 31.0 Å². The lowest BCUT2D eigenvalue weighted by Gasteiger charge is -1.98. The number of nitrogens with one attached hydrogen (secondary N) is 4. The van der Waals surface area contributed by atoms with Crippen molar-refractivity contribution in [1.82, 2.24) is 20.8 Å². The molecule has 0 fully saturated rings. The summed E-state index contributed by atoms with van der Waals surface area (Å²) in [4.78, 5) is 29.9. The lowest BCUT2D eigenvalue weighted by molar-refractivity contribution is -0.129. The Hall–Kier alpha value is -4.20. The van der Waals surface area contributed by atoms with E-state index >= 15 is 0 Å². The lowest BCUT2D eigenvalue weighted by atomic mass is 10.2. The van der Waals surface area contributed by atoms with E-state index in [1.807, 2.05) is 60.7 Å². The maximum Gasteiger partial charge on any atom is 0.249 e. The number of fused-ring (bicyclic) bond motifs is 2. The van der Waals surface area contributed by atoms with E-state index in [4.69, 9.17) is 0 Å². The Morgan fingerprint density at radius 2 is 1.21 bits per heavy atom. The molecule has 4 N–H and O–H groups in total. The van der Waals surface area contributed by atoms with E-state index in [0.29, 0.717) is 0 Å². The van der Waals surface area contributed by atoms with Gasteiger partial charge in [-0.05, 0) is 24.3 Å². The van der Waals surface area contributed by atoms with Crippen molar-refractivity contribution >= 4 is 46.0 Å². The Morgan fingerprint density at radius 1 is 0.759 bits per heavy atom. The highest BCUT2D eigenvalue weighted by atomic mass is 16.2. The summed E-state index contributed by atoms with van der Waals surface area (Å²) in [6.45, 7) is 0. The molecule has 8 nitrogen and oxygen atoms in total. The molecule has 144 valence electrons. The number of hydrogen-bond donors (Lipinski definition) is 4. The predicted octanol–water partition coefficient (Wildman–Crippen LogP) is 2.64. The molecular formula is C21H18N6O2. The van der Waals surface area contributed by atoms with Gasteiger partial charge in [-0.3, -0.25) is 9.59 Å². The third-order valence-electron chi connectivity index (χ3n) is 4.21.